The van der Waals surface area contributed by atoms with E-state index in [4.69, 9.17) is 4.74 Å². The van der Waals surface area contributed by atoms with E-state index in [1.54, 1.807) is 18.2 Å². The number of esters is 1. The van der Waals surface area contributed by atoms with Gasteiger partial charge in [0.2, 0.25) is 5.75 Å². The van der Waals surface area contributed by atoms with Crippen molar-refractivity contribution in [2.24, 2.45) is 0 Å². The summed E-state index contributed by atoms with van der Waals surface area (Å²) in [5, 5.41) is 28.4. The van der Waals surface area contributed by atoms with Gasteiger partial charge in [-0.25, -0.2) is 0 Å². The zero-order chi connectivity index (χ0) is 14.3. The Balaban J connectivity index is 1.99. The highest BCUT2D eigenvalue weighted by Crippen LogP contribution is 2.43. The van der Waals surface area contributed by atoms with E-state index in [0.29, 0.717) is 12.0 Å². The van der Waals surface area contributed by atoms with Crippen molar-refractivity contribution in [3.63, 3.8) is 0 Å². The molecule has 0 fully saturated rings. The van der Waals surface area contributed by atoms with Gasteiger partial charge in [0, 0.05) is 5.56 Å². The van der Waals surface area contributed by atoms with Gasteiger partial charge in [-0.1, -0.05) is 18.2 Å². The molecule has 0 saturated heterocycles. The molecule has 0 saturated carbocycles. The second-order valence-electron chi connectivity index (χ2n) is 4.69. The fraction of sp³-hybridized carbons (Fsp3) is 0.133. The lowest BCUT2D eigenvalue weighted by atomic mass is 9.89. The Morgan fingerprint density at radius 1 is 1.00 bits per heavy atom. The van der Waals surface area contributed by atoms with Crippen LogP contribution in [0.25, 0.3) is 0 Å². The third kappa shape index (κ3) is 1.93. The van der Waals surface area contributed by atoms with Crippen molar-refractivity contribution in [1.29, 1.82) is 0 Å². The van der Waals surface area contributed by atoms with Gasteiger partial charge >= 0.3 is 5.97 Å². The first kappa shape index (κ1) is 12.3. The summed E-state index contributed by atoms with van der Waals surface area (Å²) in [4.78, 5) is 12.0. The molecule has 2 aromatic rings. The van der Waals surface area contributed by atoms with Gasteiger partial charge < -0.3 is 20.1 Å². The second kappa shape index (κ2) is 4.45. The van der Waals surface area contributed by atoms with Gasteiger partial charge in [0.15, 0.2) is 11.5 Å². The van der Waals surface area contributed by atoms with Gasteiger partial charge in [0.1, 0.15) is 5.75 Å². The lowest BCUT2D eigenvalue weighted by Gasteiger charge is -2.24. The van der Waals surface area contributed by atoms with Crippen LogP contribution >= 0.6 is 0 Å². The number of phenolic OH excluding ortho intramolecular Hbond substituents is 3. The van der Waals surface area contributed by atoms with Crippen LogP contribution in [0.4, 0.5) is 0 Å². The van der Waals surface area contributed by atoms with E-state index in [0.717, 1.165) is 5.56 Å². The van der Waals surface area contributed by atoms with Crippen molar-refractivity contribution >= 4 is 5.97 Å². The maximum Gasteiger partial charge on any atom is 0.319 e. The highest BCUT2D eigenvalue weighted by atomic mass is 16.5. The molecule has 0 bridgehead atoms. The minimum atomic E-state index is -0.496. The van der Waals surface area contributed by atoms with E-state index >= 15 is 0 Å². The van der Waals surface area contributed by atoms with Crippen molar-refractivity contribution in [1.82, 2.24) is 0 Å². The highest BCUT2D eigenvalue weighted by Gasteiger charge is 2.32. The van der Waals surface area contributed by atoms with Gasteiger partial charge in [-0.2, -0.15) is 0 Å². The Morgan fingerprint density at radius 3 is 2.40 bits per heavy atom. The number of fused-ring (bicyclic) bond motifs is 1. The molecule has 0 aromatic heterocycles. The van der Waals surface area contributed by atoms with Crippen LogP contribution in [0.2, 0.25) is 0 Å². The molecule has 1 atom stereocenters. The zero-order valence-electron chi connectivity index (χ0n) is 10.4. The molecule has 0 radical (unpaired) electrons. The summed E-state index contributed by atoms with van der Waals surface area (Å²) >= 11 is 0. The van der Waals surface area contributed by atoms with Crippen LogP contribution in [0.1, 0.15) is 17.0 Å². The smallest absolute Gasteiger partial charge is 0.319 e. The summed E-state index contributed by atoms with van der Waals surface area (Å²) in [7, 11) is 0. The average molecular weight is 272 g/mol. The lowest BCUT2D eigenvalue weighted by molar-refractivity contribution is -0.137. The highest BCUT2D eigenvalue weighted by molar-refractivity contribution is 5.84. The number of aromatic hydroxyl groups is 3. The standard InChI is InChI=1S/C15H12O5/c16-10-4-1-8(2-5-10)11-7-9-3-6-12(17)13(18)14(9)20-15(11)19/h1-6,11,16-18H,7H2. The monoisotopic (exact) mass is 272 g/mol. The molecular weight excluding hydrogens is 260 g/mol. The molecule has 0 spiro atoms. The molecule has 5 nitrogen and oxygen atoms in total. The molecule has 102 valence electrons. The van der Waals surface area contributed by atoms with Crippen molar-refractivity contribution < 1.29 is 24.9 Å². The van der Waals surface area contributed by atoms with Gasteiger partial charge in [-0.15, -0.1) is 0 Å². The van der Waals surface area contributed by atoms with Crippen LogP contribution in [-0.2, 0) is 11.2 Å². The van der Waals surface area contributed by atoms with Gasteiger partial charge in [-0.05, 0) is 30.2 Å². The Labute approximate surface area is 114 Å². The molecule has 1 aliphatic rings. The van der Waals surface area contributed by atoms with Gasteiger partial charge in [0.05, 0.1) is 5.92 Å². The molecule has 5 heteroatoms. The first-order valence-electron chi connectivity index (χ1n) is 6.10. The number of carbonyl (C=O) groups is 1. The minimum absolute atomic E-state index is 0.0185. The fourth-order valence-corrected chi connectivity index (χ4v) is 2.31. The van der Waals surface area contributed by atoms with E-state index in [2.05, 4.69) is 0 Å². The summed E-state index contributed by atoms with van der Waals surface area (Å²) in [5.74, 6) is -1.58. The summed E-state index contributed by atoms with van der Waals surface area (Å²) in [6, 6.07) is 9.31. The number of phenols is 3. The Morgan fingerprint density at radius 2 is 1.70 bits per heavy atom. The number of hydrogen-bond donors (Lipinski definition) is 3. The number of ether oxygens (including phenoxy) is 1. The van der Waals surface area contributed by atoms with E-state index in [-0.39, 0.29) is 17.2 Å². The van der Waals surface area contributed by atoms with Crippen LogP contribution < -0.4 is 4.74 Å². The Hall–Kier alpha value is -2.69. The summed E-state index contributed by atoms with van der Waals surface area (Å²) in [5.41, 5.74) is 1.38. The molecular formula is C15H12O5. The van der Waals surface area contributed by atoms with E-state index < -0.39 is 17.6 Å². The molecule has 3 rings (SSSR count). The van der Waals surface area contributed by atoms with E-state index in [9.17, 15) is 20.1 Å². The summed E-state index contributed by atoms with van der Waals surface area (Å²) in [6.07, 6.45) is 0.368. The van der Waals surface area contributed by atoms with Crippen LogP contribution in [0.3, 0.4) is 0 Å². The quantitative estimate of drug-likeness (QED) is 0.420. The van der Waals surface area contributed by atoms with Crippen molar-refractivity contribution in [3.8, 4) is 23.0 Å². The zero-order valence-corrected chi connectivity index (χ0v) is 10.4. The van der Waals surface area contributed by atoms with Crippen LogP contribution in [0.15, 0.2) is 36.4 Å². The number of hydrogen-bond acceptors (Lipinski definition) is 5. The molecule has 3 N–H and O–H groups in total. The topological polar surface area (TPSA) is 87.0 Å². The summed E-state index contributed by atoms with van der Waals surface area (Å²) < 4.78 is 5.13. The lowest BCUT2D eigenvalue weighted by Crippen LogP contribution is -2.25. The van der Waals surface area contributed by atoms with Gasteiger partial charge in [0.25, 0.3) is 0 Å². The maximum atomic E-state index is 12.0. The largest absolute Gasteiger partial charge is 0.508 e. The van der Waals surface area contributed by atoms with Crippen LogP contribution in [-0.4, -0.2) is 21.3 Å². The first-order chi connectivity index (χ1) is 9.56. The molecule has 1 heterocycles. The Bertz CT molecular complexity index is 675. The first-order valence-corrected chi connectivity index (χ1v) is 6.10. The number of carbonyl (C=O) groups excluding carboxylic acids is 1. The normalized spacial score (nSPS) is 17.4. The maximum absolute atomic E-state index is 12.0. The number of rotatable bonds is 1. The molecule has 20 heavy (non-hydrogen) atoms. The predicted molar refractivity (Wildman–Crippen MR) is 70.0 cm³/mol. The minimum Gasteiger partial charge on any atom is -0.508 e. The summed E-state index contributed by atoms with van der Waals surface area (Å²) in [6.45, 7) is 0. The Kier molecular flexibility index (Phi) is 2.75. The SMILES string of the molecule is O=C1Oc2c(ccc(O)c2O)CC1c1ccc(O)cc1. The van der Waals surface area contributed by atoms with Crippen molar-refractivity contribution in [2.75, 3.05) is 0 Å². The van der Waals surface area contributed by atoms with E-state index in [1.165, 1.54) is 18.2 Å². The van der Waals surface area contributed by atoms with Crippen molar-refractivity contribution in [3.05, 3.63) is 47.5 Å². The van der Waals surface area contributed by atoms with E-state index in [1.807, 2.05) is 0 Å². The molecule has 1 aliphatic heterocycles. The van der Waals surface area contributed by atoms with Crippen LogP contribution in [0.5, 0.6) is 23.0 Å². The average Bonchev–Trinajstić information content (AvgIpc) is 2.44. The second-order valence-corrected chi connectivity index (χ2v) is 4.69. The van der Waals surface area contributed by atoms with Gasteiger partial charge in [-0.3, -0.25) is 4.79 Å². The van der Waals surface area contributed by atoms with Crippen molar-refractivity contribution in [2.45, 2.75) is 12.3 Å². The molecule has 1 unspecified atom stereocenters. The molecule has 0 aliphatic carbocycles. The third-order valence-corrected chi connectivity index (χ3v) is 3.40. The fourth-order valence-electron chi connectivity index (χ4n) is 2.31. The predicted octanol–water partition coefficient (Wildman–Crippen LogP) is 2.05. The van der Waals surface area contributed by atoms with Crippen LogP contribution in [0, 0.1) is 0 Å². The third-order valence-electron chi connectivity index (χ3n) is 3.40. The number of benzene rings is 2. The molecule has 2 aromatic carbocycles. The molecule has 0 amide bonds.